The Morgan fingerprint density at radius 1 is 1.23 bits per heavy atom. The lowest BCUT2D eigenvalue weighted by Gasteiger charge is -2.31. The maximum Gasteiger partial charge on any atom is 0.245 e. The van der Waals surface area contributed by atoms with Gasteiger partial charge in [-0.15, -0.1) is 0 Å². The number of halogens is 1. The number of hydrogen-bond donors (Lipinski definition) is 1. The summed E-state index contributed by atoms with van der Waals surface area (Å²) in [6.45, 7) is 8.99. The largest absolute Gasteiger partial charge is 0.384 e. The number of nitrogens with two attached hydrogens (primary N) is 1. The fourth-order valence-corrected chi connectivity index (χ4v) is 4.38. The third-order valence-electron chi connectivity index (χ3n) is 5.93. The Morgan fingerprint density at radius 3 is 2.67 bits per heavy atom. The molecule has 6 nitrogen and oxygen atoms in total. The molecule has 3 heterocycles. The van der Waals surface area contributed by atoms with Crippen LogP contribution in [0.3, 0.4) is 0 Å². The van der Waals surface area contributed by atoms with Gasteiger partial charge in [0.1, 0.15) is 12.1 Å². The highest BCUT2D eigenvalue weighted by molar-refractivity contribution is 6.34. The van der Waals surface area contributed by atoms with E-state index in [0.717, 1.165) is 51.8 Å². The highest BCUT2D eigenvalue weighted by Gasteiger charge is 2.25. The van der Waals surface area contributed by atoms with E-state index in [0.29, 0.717) is 23.9 Å². The summed E-state index contributed by atoms with van der Waals surface area (Å²) in [5.41, 5.74) is 11.5. The van der Waals surface area contributed by atoms with Gasteiger partial charge < -0.3 is 10.6 Å². The summed E-state index contributed by atoms with van der Waals surface area (Å²) in [6, 6.07) is 5.76. The SMILES string of the molecule is C=CC(=O)N1CCC(c2ncnc3cc(-c4nc(N)cc(C)c4C)c(Cl)cc23)CC1. The molecular formula is C23H24ClN5O. The number of anilines is 1. The van der Waals surface area contributed by atoms with E-state index in [2.05, 4.69) is 21.5 Å². The lowest BCUT2D eigenvalue weighted by Crippen LogP contribution is -2.37. The van der Waals surface area contributed by atoms with Crippen LogP contribution in [0.25, 0.3) is 22.2 Å². The van der Waals surface area contributed by atoms with E-state index in [1.807, 2.05) is 36.9 Å². The van der Waals surface area contributed by atoms with Crippen LogP contribution in [0.1, 0.15) is 35.6 Å². The Hall–Kier alpha value is -2.99. The van der Waals surface area contributed by atoms with Crippen molar-refractivity contribution in [2.45, 2.75) is 32.6 Å². The standard InChI is InChI=1S/C23H24ClN5O/c1-4-21(30)29-7-5-15(6-8-29)23-17-10-18(24)16(11-19(17)26-12-27-23)22-14(3)13(2)9-20(25)28-22/h4,9-12,15H,1,5-8H2,2-3H3,(H2,25,28). The fourth-order valence-electron chi connectivity index (χ4n) is 4.13. The van der Waals surface area contributed by atoms with Crippen LogP contribution in [0.15, 0.2) is 37.2 Å². The van der Waals surface area contributed by atoms with Crippen molar-refractivity contribution in [2.24, 2.45) is 0 Å². The number of amides is 1. The first kappa shape index (κ1) is 20.3. The topological polar surface area (TPSA) is 85.0 Å². The quantitative estimate of drug-likeness (QED) is 0.632. The van der Waals surface area contributed by atoms with Crippen LogP contribution < -0.4 is 5.73 Å². The zero-order valence-electron chi connectivity index (χ0n) is 17.2. The number of likely N-dealkylation sites (tertiary alicyclic amines) is 1. The summed E-state index contributed by atoms with van der Waals surface area (Å²) in [7, 11) is 0. The molecule has 1 aliphatic rings. The number of rotatable bonds is 3. The van der Waals surface area contributed by atoms with E-state index >= 15 is 0 Å². The summed E-state index contributed by atoms with van der Waals surface area (Å²) in [5.74, 6) is 0.697. The third kappa shape index (κ3) is 3.63. The van der Waals surface area contributed by atoms with Gasteiger partial charge in [0.05, 0.1) is 21.9 Å². The molecule has 1 amide bonds. The second kappa shape index (κ2) is 8.03. The lowest BCUT2D eigenvalue weighted by atomic mass is 9.90. The molecule has 2 aromatic heterocycles. The van der Waals surface area contributed by atoms with Crippen LogP contribution in [0, 0.1) is 13.8 Å². The molecule has 0 spiro atoms. The van der Waals surface area contributed by atoms with E-state index < -0.39 is 0 Å². The predicted molar refractivity (Wildman–Crippen MR) is 120 cm³/mol. The van der Waals surface area contributed by atoms with Gasteiger partial charge in [0.2, 0.25) is 5.91 Å². The van der Waals surface area contributed by atoms with Gasteiger partial charge in [0.25, 0.3) is 0 Å². The minimum Gasteiger partial charge on any atom is -0.384 e. The predicted octanol–water partition coefficient (Wildman–Crippen LogP) is 4.44. The smallest absolute Gasteiger partial charge is 0.245 e. The molecule has 4 rings (SSSR count). The molecule has 3 aromatic rings. The molecule has 0 bridgehead atoms. The molecule has 1 fully saturated rings. The minimum absolute atomic E-state index is 0.0195. The number of aromatic nitrogens is 3. The molecule has 0 atom stereocenters. The van der Waals surface area contributed by atoms with Crippen molar-refractivity contribution < 1.29 is 4.79 Å². The Labute approximate surface area is 180 Å². The van der Waals surface area contributed by atoms with Crippen molar-refractivity contribution in [1.82, 2.24) is 19.9 Å². The number of nitrogen functional groups attached to an aromatic ring is 1. The molecule has 0 saturated carbocycles. The maximum atomic E-state index is 11.9. The van der Waals surface area contributed by atoms with Crippen molar-refractivity contribution in [2.75, 3.05) is 18.8 Å². The van der Waals surface area contributed by atoms with Gasteiger partial charge in [-0.1, -0.05) is 18.2 Å². The molecule has 0 radical (unpaired) electrons. The highest BCUT2D eigenvalue weighted by atomic mass is 35.5. The Balaban J connectivity index is 1.73. The Kier molecular flexibility index (Phi) is 5.43. The fraction of sp³-hybridized carbons (Fsp3) is 0.304. The molecule has 7 heteroatoms. The average molecular weight is 422 g/mol. The summed E-state index contributed by atoms with van der Waals surface area (Å²) in [6.07, 6.45) is 4.66. The number of benzene rings is 1. The summed E-state index contributed by atoms with van der Waals surface area (Å²) in [4.78, 5) is 27.3. The highest BCUT2D eigenvalue weighted by Crippen LogP contribution is 2.37. The monoisotopic (exact) mass is 421 g/mol. The lowest BCUT2D eigenvalue weighted by molar-refractivity contribution is -0.127. The maximum absolute atomic E-state index is 11.9. The van der Waals surface area contributed by atoms with E-state index in [1.165, 1.54) is 6.08 Å². The number of fused-ring (bicyclic) bond motifs is 1. The average Bonchev–Trinajstić information content (AvgIpc) is 2.75. The van der Waals surface area contributed by atoms with Crippen LogP contribution >= 0.6 is 11.6 Å². The van der Waals surface area contributed by atoms with E-state index in [1.54, 1.807) is 6.33 Å². The van der Waals surface area contributed by atoms with Gasteiger partial charge in [-0.05, 0) is 62.1 Å². The second-order valence-electron chi connectivity index (χ2n) is 7.75. The number of carbonyl (C=O) groups is 1. The van der Waals surface area contributed by atoms with Crippen molar-refractivity contribution in [3.63, 3.8) is 0 Å². The van der Waals surface area contributed by atoms with E-state index in [9.17, 15) is 4.79 Å². The number of pyridine rings is 1. The van der Waals surface area contributed by atoms with Crippen molar-refractivity contribution in [3.8, 4) is 11.3 Å². The zero-order chi connectivity index (χ0) is 21.4. The molecule has 154 valence electrons. The van der Waals surface area contributed by atoms with Crippen molar-refractivity contribution in [3.05, 3.63) is 59.0 Å². The van der Waals surface area contributed by atoms with Gasteiger partial charge in [-0.2, -0.15) is 0 Å². The normalized spacial score (nSPS) is 14.8. The summed E-state index contributed by atoms with van der Waals surface area (Å²) in [5, 5.41) is 1.54. The number of nitrogens with zero attached hydrogens (tertiary/aromatic N) is 4. The molecule has 2 N–H and O–H groups in total. The van der Waals surface area contributed by atoms with Gasteiger partial charge in [0.15, 0.2) is 0 Å². The van der Waals surface area contributed by atoms with Crippen molar-refractivity contribution >= 4 is 34.2 Å². The van der Waals surface area contributed by atoms with Crippen LogP contribution in [0.5, 0.6) is 0 Å². The minimum atomic E-state index is -0.0195. The molecular weight excluding hydrogens is 398 g/mol. The molecule has 1 aliphatic heterocycles. The van der Waals surface area contributed by atoms with Crippen LogP contribution in [-0.4, -0.2) is 38.8 Å². The number of piperidine rings is 1. The Bertz CT molecular complexity index is 1150. The summed E-state index contributed by atoms with van der Waals surface area (Å²) < 4.78 is 0. The van der Waals surface area contributed by atoms with Crippen molar-refractivity contribution in [1.29, 1.82) is 0 Å². The number of hydrogen-bond acceptors (Lipinski definition) is 5. The molecule has 30 heavy (non-hydrogen) atoms. The summed E-state index contributed by atoms with van der Waals surface area (Å²) >= 11 is 6.71. The van der Waals surface area contributed by atoms with Crippen LogP contribution in [-0.2, 0) is 4.79 Å². The van der Waals surface area contributed by atoms with Gasteiger partial charge >= 0.3 is 0 Å². The van der Waals surface area contributed by atoms with E-state index in [4.69, 9.17) is 17.3 Å². The van der Waals surface area contributed by atoms with Gasteiger partial charge in [-0.25, -0.2) is 15.0 Å². The molecule has 1 saturated heterocycles. The van der Waals surface area contributed by atoms with Crippen LogP contribution in [0.4, 0.5) is 5.82 Å². The first-order chi connectivity index (χ1) is 14.4. The zero-order valence-corrected chi connectivity index (χ0v) is 17.9. The Morgan fingerprint density at radius 2 is 1.97 bits per heavy atom. The molecule has 0 aliphatic carbocycles. The molecule has 1 aromatic carbocycles. The van der Waals surface area contributed by atoms with Gasteiger partial charge in [-0.3, -0.25) is 4.79 Å². The second-order valence-corrected chi connectivity index (χ2v) is 8.16. The first-order valence-corrected chi connectivity index (χ1v) is 10.4. The van der Waals surface area contributed by atoms with E-state index in [-0.39, 0.29) is 11.8 Å². The first-order valence-electron chi connectivity index (χ1n) is 9.98. The van der Waals surface area contributed by atoms with Gasteiger partial charge in [0, 0.05) is 30.0 Å². The molecule has 0 unspecified atom stereocenters. The third-order valence-corrected chi connectivity index (χ3v) is 6.24. The number of aryl methyl sites for hydroxylation is 1. The number of carbonyl (C=O) groups excluding carboxylic acids is 1. The van der Waals surface area contributed by atoms with Crippen LogP contribution in [0.2, 0.25) is 5.02 Å².